The van der Waals surface area contributed by atoms with Gasteiger partial charge in [0, 0.05) is 23.1 Å². The number of anilines is 1. The Balaban J connectivity index is 1.88. The fourth-order valence-corrected chi connectivity index (χ4v) is 2.65. The van der Waals surface area contributed by atoms with E-state index in [4.69, 9.17) is 9.62 Å². The standard InChI is InChI=1S/C21H26N4O2/c1-20(2,3)17-13-18(25(23-17)21(4,5)6)22-19(26)16-12-15(24-27-16)14-10-8-7-9-11-14/h7-13H,1-6H3,(H,22,26). The van der Waals surface area contributed by atoms with E-state index in [1.54, 1.807) is 6.07 Å². The topological polar surface area (TPSA) is 73.0 Å². The molecule has 2 heterocycles. The number of rotatable bonds is 3. The third-order valence-corrected chi connectivity index (χ3v) is 4.16. The lowest BCUT2D eigenvalue weighted by Gasteiger charge is -2.22. The summed E-state index contributed by atoms with van der Waals surface area (Å²) < 4.78 is 7.09. The Hall–Kier alpha value is -2.89. The second-order valence-corrected chi connectivity index (χ2v) is 8.64. The fourth-order valence-electron chi connectivity index (χ4n) is 2.65. The highest BCUT2D eigenvalue weighted by molar-refractivity contribution is 6.02. The van der Waals surface area contributed by atoms with E-state index in [9.17, 15) is 4.79 Å². The summed E-state index contributed by atoms with van der Waals surface area (Å²) in [7, 11) is 0. The summed E-state index contributed by atoms with van der Waals surface area (Å²) in [5, 5.41) is 11.6. The lowest BCUT2D eigenvalue weighted by Crippen LogP contribution is -2.27. The molecule has 2 aromatic heterocycles. The smallest absolute Gasteiger partial charge is 0.295 e. The van der Waals surface area contributed by atoms with Gasteiger partial charge in [0.05, 0.1) is 11.2 Å². The number of nitrogens with zero attached hydrogens (tertiary/aromatic N) is 3. The highest BCUT2D eigenvalue weighted by Crippen LogP contribution is 2.28. The lowest BCUT2D eigenvalue weighted by atomic mass is 9.92. The third-order valence-electron chi connectivity index (χ3n) is 4.16. The van der Waals surface area contributed by atoms with E-state index in [1.165, 1.54) is 0 Å². The molecule has 0 aliphatic rings. The highest BCUT2D eigenvalue weighted by Gasteiger charge is 2.26. The first-order valence-electron chi connectivity index (χ1n) is 9.00. The number of benzene rings is 1. The van der Waals surface area contributed by atoms with E-state index < -0.39 is 0 Å². The van der Waals surface area contributed by atoms with Crippen molar-refractivity contribution in [3.8, 4) is 11.3 Å². The molecule has 0 aliphatic heterocycles. The van der Waals surface area contributed by atoms with Gasteiger partial charge >= 0.3 is 0 Å². The predicted molar refractivity (Wildman–Crippen MR) is 106 cm³/mol. The Bertz CT molecular complexity index is 941. The summed E-state index contributed by atoms with van der Waals surface area (Å²) in [6, 6.07) is 13.2. The van der Waals surface area contributed by atoms with Crippen molar-refractivity contribution in [3.05, 3.63) is 53.9 Å². The van der Waals surface area contributed by atoms with Crippen molar-refractivity contribution in [2.45, 2.75) is 52.5 Å². The molecule has 0 atom stereocenters. The molecular weight excluding hydrogens is 340 g/mol. The van der Waals surface area contributed by atoms with E-state index in [0.717, 1.165) is 11.3 Å². The predicted octanol–water partition coefficient (Wildman–Crippen LogP) is 4.84. The number of hydrogen-bond donors (Lipinski definition) is 1. The van der Waals surface area contributed by atoms with Crippen LogP contribution in [0.25, 0.3) is 11.3 Å². The van der Waals surface area contributed by atoms with Gasteiger partial charge in [-0.25, -0.2) is 4.68 Å². The quantitative estimate of drug-likeness (QED) is 0.719. The average Bonchev–Trinajstić information content (AvgIpc) is 3.22. The molecule has 3 aromatic rings. The average molecular weight is 366 g/mol. The van der Waals surface area contributed by atoms with Crippen LogP contribution >= 0.6 is 0 Å². The molecule has 0 fully saturated rings. The SMILES string of the molecule is CC(C)(C)c1cc(NC(=O)c2cc(-c3ccccc3)no2)n(C(C)(C)C)n1. The third kappa shape index (κ3) is 4.10. The largest absolute Gasteiger partial charge is 0.350 e. The summed E-state index contributed by atoms with van der Waals surface area (Å²) in [6.45, 7) is 12.4. The number of amides is 1. The minimum Gasteiger partial charge on any atom is -0.350 e. The maximum absolute atomic E-state index is 12.7. The Kier molecular flexibility index (Phi) is 4.68. The summed E-state index contributed by atoms with van der Waals surface area (Å²) in [4.78, 5) is 12.7. The number of hydrogen-bond acceptors (Lipinski definition) is 4. The number of carbonyl (C=O) groups is 1. The van der Waals surface area contributed by atoms with E-state index in [2.05, 4.69) is 31.2 Å². The minimum atomic E-state index is -0.351. The molecule has 1 amide bonds. The first-order valence-corrected chi connectivity index (χ1v) is 9.00. The van der Waals surface area contributed by atoms with Crippen molar-refractivity contribution in [1.82, 2.24) is 14.9 Å². The van der Waals surface area contributed by atoms with Crippen molar-refractivity contribution in [1.29, 1.82) is 0 Å². The number of nitrogens with one attached hydrogen (secondary N) is 1. The normalized spacial score (nSPS) is 12.2. The molecular formula is C21H26N4O2. The second-order valence-electron chi connectivity index (χ2n) is 8.64. The van der Waals surface area contributed by atoms with E-state index in [0.29, 0.717) is 11.5 Å². The van der Waals surface area contributed by atoms with Crippen molar-refractivity contribution < 1.29 is 9.32 Å². The first-order chi connectivity index (χ1) is 12.6. The first kappa shape index (κ1) is 18.9. The molecule has 1 aromatic carbocycles. The van der Waals surface area contributed by atoms with Crippen LogP contribution in [-0.4, -0.2) is 20.8 Å². The van der Waals surface area contributed by atoms with Crippen LogP contribution in [0.3, 0.4) is 0 Å². The van der Waals surface area contributed by atoms with Gasteiger partial charge in [-0.15, -0.1) is 0 Å². The van der Waals surface area contributed by atoms with Crippen LogP contribution in [-0.2, 0) is 11.0 Å². The van der Waals surface area contributed by atoms with Gasteiger partial charge in [-0.1, -0.05) is 56.3 Å². The Morgan fingerprint density at radius 2 is 1.70 bits per heavy atom. The minimum absolute atomic E-state index is 0.122. The van der Waals surface area contributed by atoms with Crippen LogP contribution in [0.1, 0.15) is 57.8 Å². The molecule has 0 saturated heterocycles. The van der Waals surface area contributed by atoms with Crippen LogP contribution in [0, 0.1) is 0 Å². The Labute approximate surface area is 159 Å². The van der Waals surface area contributed by atoms with Gasteiger partial charge in [0.1, 0.15) is 11.5 Å². The summed E-state index contributed by atoms with van der Waals surface area (Å²) in [5.74, 6) is 0.443. The van der Waals surface area contributed by atoms with Crippen LogP contribution < -0.4 is 5.32 Å². The molecule has 0 aliphatic carbocycles. The number of aromatic nitrogens is 3. The Morgan fingerprint density at radius 3 is 2.30 bits per heavy atom. The van der Waals surface area contributed by atoms with Gasteiger partial charge in [-0.05, 0) is 20.8 Å². The van der Waals surface area contributed by atoms with Gasteiger partial charge < -0.3 is 9.84 Å². The molecule has 0 radical (unpaired) electrons. The van der Waals surface area contributed by atoms with Crippen molar-refractivity contribution in [3.63, 3.8) is 0 Å². The molecule has 0 unspecified atom stereocenters. The van der Waals surface area contributed by atoms with Crippen molar-refractivity contribution in [2.75, 3.05) is 5.32 Å². The molecule has 6 nitrogen and oxygen atoms in total. The molecule has 0 spiro atoms. The van der Waals surface area contributed by atoms with E-state index in [1.807, 2.05) is 61.9 Å². The summed E-state index contributed by atoms with van der Waals surface area (Å²) >= 11 is 0. The molecule has 3 rings (SSSR count). The van der Waals surface area contributed by atoms with Gasteiger partial charge in [0.25, 0.3) is 5.91 Å². The fraction of sp³-hybridized carbons (Fsp3) is 0.381. The van der Waals surface area contributed by atoms with E-state index >= 15 is 0 Å². The number of carbonyl (C=O) groups excluding carboxylic acids is 1. The maximum atomic E-state index is 12.7. The summed E-state index contributed by atoms with van der Waals surface area (Å²) in [5.41, 5.74) is 2.04. The zero-order valence-corrected chi connectivity index (χ0v) is 16.7. The van der Waals surface area contributed by atoms with Crippen LogP contribution in [0.4, 0.5) is 5.82 Å². The second kappa shape index (κ2) is 6.68. The van der Waals surface area contributed by atoms with Crippen LogP contribution in [0.5, 0.6) is 0 Å². The zero-order chi connectivity index (χ0) is 19.8. The van der Waals surface area contributed by atoms with E-state index in [-0.39, 0.29) is 22.6 Å². The Morgan fingerprint density at radius 1 is 1.04 bits per heavy atom. The van der Waals surface area contributed by atoms with Gasteiger partial charge in [0.2, 0.25) is 5.76 Å². The zero-order valence-electron chi connectivity index (χ0n) is 16.7. The molecule has 0 bridgehead atoms. The summed E-state index contributed by atoms with van der Waals surface area (Å²) in [6.07, 6.45) is 0. The molecule has 0 saturated carbocycles. The van der Waals surface area contributed by atoms with Crippen molar-refractivity contribution in [2.24, 2.45) is 0 Å². The highest BCUT2D eigenvalue weighted by atomic mass is 16.5. The maximum Gasteiger partial charge on any atom is 0.295 e. The molecule has 1 N–H and O–H groups in total. The van der Waals surface area contributed by atoms with Crippen LogP contribution in [0.2, 0.25) is 0 Å². The van der Waals surface area contributed by atoms with Crippen molar-refractivity contribution >= 4 is 11.7 Å². The molecule has 27 heavy (non-hydrogen) atoms. The monoisotopic (exact) mass is 366 g/mol. The lowest BCUT2D eigenvalue weighted by molar-refractivity contribution is 0.0986. The van der Waals surface area contributed by atoms with Gasteiger partial charge in [-0.3, -0.25) is 4.79 Å². The molecule has 6 heteroatoms. The van der Waals surface area contributed by atoms with Gasteiger partial charge in [0.15, 0.2) is 0 Å². The molecule has 142 valence electrons. The van der Waals surface area contributed by atoms with Crippen LogP contribution in [0.15, 0.2) is 47.0 Å². The van der Waals surface area contributed by atoms with Gasteiger partial charge in [-0.2, -0.15) is 5.10 Å².